The van der Waals surface area contributed by atoms with Crippen molar-refractivity contribution in [3.05, 3.63) is 18.2 Å². The summed E-state index contributed by atoms with van der Waals surface area (Å²) < 4.78 is 0. The molecule has 1 aromatic rings. The number of rotatable bonds is 52. The van der Waals surface area contributed by atoms with Gasteiger partial charge in [-0.25, -0.2) is 9.78 Å². The maximum absolute atomic E-state index is 14.5. The van der Waals surface area contributed by atoms with E-state index in [0.717, 1.165) is 0 Å². The molecule has 14 atom stereocenters. The molecule has 0 aliphatic heterocycles. The number of aromatic nitrogens is 2. The Bertz CT molecular complexity index is 3220. The highest BCUT2D eigenvalue weighted by Crippen LogP contribution is 2.15. The average molecular weight is 1560 g/mol. The van der Waals surface area contributed by atoms with Gasteiger partial charge < -0.3 is 118 Å². The number of aromatic amines is 1. The van der Waals surface area contributed by atoms with Crippen LogP contribution in [-0.4, -0.2) is 236 Å². The van der Waals surface area contributed by atoms with Crippen LogP contribution in [0, 0.1) is 29.1 Å². The molecule has 1 aromatic heterocycles. The van der Waals surface area contributed by atoms with E-state index in [2.05, 4.69) is 110 Å². The van der Waals surface area contributed by atoms with E-state index in [-0.39, 0.29) is 75.9 Å². The SMILES string of the molecule is CC[C@H](C)[C@H](NC(=O)[C@H](CS)NC(=O)[C@H](CCCCN)NC(=O)[C@H](CCCNC(=N)N)NC(=O)[C@@H](NC(=O)[C@@H](NC(=O)[C@H](Cc1c[nH]cn1)NC(=O)[C@H](C)NC(=O)CNC(=O)[C@H](CC(N)=O)NC(=O)[C@@H](N)CCC(N)=O)C(C)C)C(C)C)C(=O)N[C@@H](CCC(=O)O)C(=O)N[C@@H](CS)C(=O)N[C@H](C(=O)O)C(C)C. The number of nitrogens with two attached hydrogens (primary N) is 5. The first-order chi connectivity index (χ1) is 50.1. The molecule has 0 aliphatic rings. The van der Waals surface area contributed by atoms with E-state index in [0.29, 0.717) is 6.42 Å². The molecule has 0 aliphatic carbocycles. The third kappa shape index (κ3) is 35.8. The first kappa shape index (κ1) is 95.1. The monoisotopic (exact) mass is 1550 g/mol. The quantitative estimate of drug-likeness (QED) is 0.0125. The lowest BCUT2D eigenvalue weighted by atomic mass is 9.97. The van der Waals surface area contributed by atoms with Crippen LogP contribution < -0.4 is 103 Å². The lowest BCUT2D eigenvalue weighted by Crippen LogP contribution is -2.62. The number of carbonyl (C=O) groups excluding carboxylic acids is 15. The maximum Gasteiger partial charge on any atom is 0.326 e. The maximum atomic E-state index is 14.5. The topological polar surface area (TPSA) is 682 Å². The number of guanidine groups is 1. The molecule has 15 amide bonds. The van der Waals surface area contributed by atoms with Crippen molar-refractivity contribution in [3.63, 3.8) is 0 Å². The predicted octanol–water partition coefficient (Wildman–Crippen LogP) is -7.41. The third-order valence-electron chi connectivity index (χ3n) is 16.5. The normalized spacial score (nSPS) is 15.1. The van der Waals surface area contributed by atoms with Gasteiger partial charge in [0.15, 0.2) is 5.96 Å². The number of carboxylic acid groups (broad SMARTS) is 2. The van der Waals surface area contributed by atoms with E-state index in [1.54, 1.807) is 41.5 Å². The second-order valence-corrected chi connectivity index (χ2v) is 27.2. The van der Waals surface area contributed by atoms with E-state index in [1.807, 2.05) is 0 Å². The zero-order chi connectivity index (χ0) is 81.5. The molecule has 107 heavy (non-hydrogen) atoms. The summed E-state index contributed by atoms with van der Waals surface area (Å²) in [5.41, 5.74) is 27.7. The van der Waals surface area contributed by atoms with Gasteiger partial charge in [0, 0.05) is 43.5 Å². The lowest BCUT2D eigenvalue weighted by molar-refractivity contribution is -0.143. The summed E-state index contributed by atoms with van der Waals surface area (Å²) in [7, 11) is 0. The van der Waals surface area contributed by atoms with Crippen molar-refractivity contribution in [2.75, 3.05) is 31.1 Å². The van der Waals surface area contributed by atoms with Gasteiger partial charge in [0.05, 0.1) is 31.0 Å². The Balaban J connectivity index is 3.52. The fraction of sp³-hybridized carbons (Fsp3) is 0.672. The van der Waals surface area contributed by atoms with Crippen molar-refractivity contribution in [2.45, 2.75) is 218 Å². The number of hydrogen-bond acceptors (Lipinski definition) is 23. The van der Waals surface area contributed by atoms with Crippen LogP contribution in [0.2, 0.25) is 0 Å². The minimum atomic E-state index is -1.63. The Morgan fingerprint density at radius 1 is 0.486 bits per heavy atom. The second-order valence-electron chi connectivity index (χ2n) is 26.4. The lowest BCUT2D eigenvalue weighted by Gasteiger charge is -2.30. The highest BCUT2D eigenvalue weighted by atomic mass is 32.1. The zero-order valence-corrected chi connectivity index (χ0v) is 63.3. The molecule has 41 nitrogen and oxygen atoms in total. The molecule has 28 N–H and O–H groups in total. The minimum absolute atomic E-state index is 0.0179. The Morgan fingerprint density at radius 3 is 1.38 bits per heavy atom. The van der Waals surface area contributed by atoms with E-state index in [1.165, 1.54) is 33.3 Å². The van der Waals surface area contributed by atoms with Gasteiger partial charge in [-0.2, -0.15) is 25.3 Å². The van der Waals surface area contributed by atoms with Crippen molar-refractivity contribution in [1.82, 2.24) is 84.4 Å². The molecule has 1 heterocycles. The first-order valence-electron chi connectivity index (χ1n) is 34.8. The zero-order valence-electron chi connectivity index (χ0n) is 61.6. The number of amides is 15. The number of nitrogens with one attached hydrogen (secondary N) is 16. The fourth-order valence-corrected chi connectivity index (χ4v) is 10.5. The van der Waals surface area contributed by atoms with Gasteiger partial charge in [0.1, 0.15) is 72.5 Å². The number of primary amides is 2. The van der Waals surface area contributed by atoms with Crippen LogP contribution in [0.4, 0.5) is 0 Å². The van der Waals surface area contributed by atoms with Crippen LogP contribution in [0.1, 0.15) is 139 Å². The van der Waals surface area contributed by atoms with Crippen molar-refractivity contribution < 1.29 is 91.7 Å². The van der Waals surface area contributed by atoms with Crippen LogP contribution in [0.5, 0.6) is 0 Å². The molecule has 0 bridgehead atoms. The smallest absolute Gasteiger partial charge is 0.326 e. The van der Waals surface area contributed by atoms with Gasteiger partial charge in [-0.3, -0.25) is 82.1 Å². The van der Waals surface area contributed by atoms with E-state index in [4.69, 9.17) is 34.1 Å². The van der Waals surface area contributed by atoms with Crippen molar-refractivity contribution in [2.24, 2.45) is 52.3 Å². The Morgan fingerprint density at radius 2 is 0.925 bits per heavy atom. The largest absolute Gasteiger partial charge is 0.481 e. The summed E-state index contributed by atoms with van der Waals surface area (Å²) in [5, 5.41) is 61.5. The predicted molar refractivity (Wildman–Crippen MR) is 393 cm³/mol. The standard InChI is InChI=1S/C64H110N22O19S2/c1-10-32(8)50(62(103)78-38(17-19-46(90)91)56(97)82-41(26-106)58(99)85-49(31(6)7)63(104)105)86-59(100)42(27-107)81-55(96)36(14-11-12-20-65)76-54(95)37(15-13-21-72-64(69)70)77-60(101)47(29(2)3)84-61(102)48(30(4)5)83-57(98)39(22-34-24-71-28-74-34)79-51(92)33(9)75-45(89)25-73-53(94)40(23-44(68)88)80-52(93)35(66)16-18-43(67)87/h24,28-33,35-42,47-50,106-107H,10-23,25-27,65-66H2,1-9H3,(H2,67,87)(H2,68,88)(H,71,74)(H,73,94)(H,75,89)(H,76,95)(H,77,101)(H,78,103)(H,79,92)(H,80,93)(H,81,96)(H,82,97)(H,83,98)(H,84,102)(H,85,99)(H,86,100)(H,90,91)(H,104,105)(H4,69,70,72)/t32-,33-,35-,36-,37-,38-,39-,40-,41-,42-,47-,48-,49-,50-/m0/s1. The molecule has 1 rings (SSSR count). The Hall–Kier alpha value is -9.91. The van der Waals surface area contributed by atoms with E-state index >= 15 is 0 Å². The van der Waals surface area contributed by atoms with Crippen molar-refractivity contribution in [1.29, 1.82) is 5.41 Å². The molecule has 602 valence electrons. The molecular formula is C64H110N22O19S2. The van der Waals surface area contributed by atoms with Crippen LogP contribution in [0.15, 0.2) is 12.5 Å². The average Bonchev–Trinajstić information content (AvgIpc) is 1.16. The summed E-state index contributed by atoms with van der Waals surface area (Å²) in [5.74, 6) is -20.7. The molecule has 0 spiro atoms. The number of aliphatic carboxylic acids is 2. The summed E-state index contributed by atoms with van der Waals surface area (Å²) in [4.78, 5) is 233. The number of imidazole rings is 1. The van der Waals surface area contributed by atoms with Crippen molar-refractivity contribution >= 4 is 132 Å². The highest BCUT2D eigenvalue weighted by Gasteiger charge is 2.39. The van der Waals surface area contributed by atoms with Gasteiger partial charge >= 0.3 is 11.9 Å². The van der Waals surface area contributed by atoms with Crippen LogP contribution >= 0.6 is 25.3 Å². The number of thiol groups is 2. The van der Waals surface area contributed by atoms with Gasteiger partial charge in [-0.15, -0.1) is 0 Å². The number of hydrogen-bond donors (Lipinski definition) is 25. The summed E-state index contributed by atoms with van der Waals surface area (Å²) >= 11 is 8.42. The molecule has 0 radical (unpaired) electrons. The molecule has 0 saturated carbocycles. The van der Waals surface area contributed by atoms with Crippen LogP contribution in [0.3, 0.4) is 0 Å². The van der Waals surface area contributed by atoms with E-state index < -0.39 is 240 Å². The van der Waals surface area contributed by atoms with Gasteiger partial charge in [0.25, 0.3) is 0 Å². The highest BCUT2D eigenvalue weighted by molar-refractivity contribution is 7.80. The van der Waals surface area contributed by atoms with Crippen LogP contribution in [-0.2, 0) is 87.9 Å². The number of carbonyl (C=O) groups is 17. The summed E-state index contributed by atoms with van der Waals surface area (Å²) in [6, 6.07) is -19.0. The van der Waals surface area contributed by atoms with Gasteiger partial charge in [-0.05, 0) is 82.1 Å². The number of carboxylic acids is 2. The molecule has 0 unspecified atom stereocenters. The van der Waals surface area contributed by atoms with Gasteiger partial charge in [-0.1, -0.05) is 61.8 Å². The Kier molecular flexibility index (Phi) is 43.6. The molecule has 0 saturated heterocycles. The first-order valence-corrected chi connectivity index (χ1v) is 36.0. The molecule has 43 heteroatoms. The fourth-order valence-electron chi connectivity index (χ4n) is 10.00. The molecular weight excluding hydrogens is 1440 g/mol. The second kappa shape index (κ2) is 49.1. The third-order valence-corrected chi connectivity index (χ3v) is 17.2. The van der Waals surface area contributed by atoms with Crippen molar-refractivity contribution in [3.8, 4) is 0 Å². The number of H-pyrrole nitrogens is 1. The minimum Gasteiger partial charge on any atom is -0.481 e. The molecule has 0 fully saturated rings. The summed E-state index contributed by atoms with van der Waals surface area (Å²) in [6.45, 7) is 13.2. The van der Waals surface area contributed by atoms with Crippen LogP contribution in [0.25, 0.3) is 0 Å². The molecule has 0 aromatic carbocycles. The number of nitrogens with zero attached hydrogens (tertiary/aromatic N) is 1. The summed E-state index contributed by atoms with van der Waals surface area (Å²) in [6.07, 6.45) is 0.756. The van der Waals surface area contributed by atoms with E-state index in [9.17, 15) is 91.7 Å². The Labute approximate surface area is 630 Å². The van der Waals surface area contributed by atoms with Gasteiger partial charge in [0.2, 0.25) is 88.6 Å². The number of unbranched alkanes of at least 4 members (excludes halogenated alkanes) is 1.